The van der Waals surface area contributed by atoms with Gasteiger partial charge in [-0.3, -0.25) is 4.79 Å². The van der Waals surface area contributed by atoms with Gasteiger partial charge < -0.3 is 9.84 Å². The van der Waals surface area contributed by atoms with Crippen molar-refractivity contribution in [1.82, 2.24) is 0 Å². The van der Waals surface area contributed by atoms with Crippen LogP contribution in [0.1, 0.15) is 45.1 Å². The van der Waals surface area contributed by atoms with Gasteiger partial charge in [0.2, 0.25) is 0 Å². The van der Waals surface area contributed by atoms with Crippen molar-refractivity contribution in [2.75, 3.05) is 6.61 Å². The monoisotopic (exact) mass is 262 g/mol. The van der Waals surface area contributed by atoms with Gasteiger partial charge in [0.15, 0.2) is 0 Å². The Balaban J connectivity index is 2.43. The molecular weight excluding hydrogens is 240 g/mol. The second-order valence-corrected chi connectivity index (χ2v) is 5.37. The number of carboxylic acids is 1. The molecule has 0 radical (unpaired) electrons. The Kier molecular flexibility index (Phi) is 4.13. The van der Waals surface area contributed by atoms with Crippen molar-refractivity contribution in [3.63, 3.8) is 0 Å². The topological polar surface area (TPSA) is 46.5 Å². The van der Waals surface area contributed by atoms with Crippen LogP contribution in [0.15, 0.2) is 24.3 Å². The normalized spacial score (nSPS) is 21.8. The van der Waals surface area contributed by atoms with E-state index in [-0.39, 0.29) is 0 Å². The molecule has 2 rings (SSSR count). The molecule has 1 unspecified atom stereocenters. The third-order valence-electron chi connectivity index (χ3n) is 4.39. The molecule has 1 aliphatic rings. The fourth-order valence-corrected chi connectivity index (χ4v) is 3.05. The van der Waals surface area contributed by atoms with E-state index in [2.05, 4.69) is 13.8 Å². The van der Waals surface area contributed by atoms with Gasteiger partial charge in [-0.1, -0.05) is 44.9 Å². The van der Waals surface area contributed by atoms with Crippen molar-refractivity contribution in [3.05, 3.63) is 29.8 Å². The summed E-state index contributed by atoms with van der Waals surface area (Å²) in [4.78, 5) is 12.0. The number of carboxylic acid groups (broad SMARTS) is 1. The zero-order valence-corrected chi connectivity index (χ0v) is 11.7. The number of hydrogen-bond acceptors (Lipinski definition) is 2. The van der Waals surface area contributed by atoms with Crippen LogP contribution in [0, 0.1) is 5.92 Å². The molecule has 104 valence electrons. The Morgan fingerprint density at radius 2 is 2.05 bits per heavy atom. The van der Waals surface area contributed by atoms with Crippen LogP contribution in [-0.4, -0.2) is 17.7 Å². The molecule has 0 saturated carbocycles. The van der Waals surface area contributed by atoms with Crippen molar-refractivity contribution in [3.8, 4) is 5.75 Å². The molecule has 0 spiro atoms. The Morgan fingerprint density at radius 3 is 2.68 bits per heavy atom. The lowest BCUT2D eigenvalue weighted by molar-refractivity contribution is -0.146. The summed E-state index contributed by atoms with van der Waals surface area (Å²) in [6.45, 7) is 4.76. The quantitative estimate of drug-likeness (QED) is 0.881. The fourth-order valence-electron chi connectivity index (χ4n) is 3.05. The molecule has 1 aliphatic heterocycles. The van der Waals surface area contributed by atoms with Crippen molar-refractivity contribution >= 4 is 5.97 Å². The van der Waals surface area contributed by atoms with E-state index in [1.54, 1.807) is 0 Å². The van der Waals surface area contributed by atoms with E-state index in [4.69, 9.17) is 4.74 Å². The van der Waals surface area contributed by atoms with E-state index in [1.165, 1.54) is 0 Å². The highest BCUT2D eigenvalue weighted by atomic mass is 16.5. The predicted octanol–water partition coefficient (Wildman–Crippen LogP) is 3.62. The van der Waals surface area contributed by atoms with Gasteiger partial charge in [-0.2, -0.15) is 0 Å². The summed E-state index contributed by atoms with van der Waals surface area (Å²) in [6.07, 6.45) is 3.31. The molecule has 19 heavy (non-hydrogen) atoms. The molecule has 3 heteroatoms. The third kappa shape index (κ3) is 2.46. The molecule has 1 aromatic carbocycles. The first-order valence-corrected chi connectivity index (χ1v) is 7.09. The smallest absolute Gasteiger partial charge is 0.314 e. The van der Waals surface area contributed by atoms with Crippen molar-refractivity contribution in [2.24, 2.45) is 5.92 Å². The Hall–Kier alpha value is -1.51. The van der Waals surface area contributed by atoms with Crippen molar-refractivity contribution in [2.45, 2.75) is 44.9 Å². The standard InChI is InChI=1S/C16H22O3/c1-3-12(4-2)11-16(15(17)18)9-10-19-14-8-6-5-7-13(14)16/h5-8,12H,3-4,9-11H2,1-2H3,(H,17,18). The van der Waals surface area contributed by atoms with Gasteiger partial charge in [0, 0.05) is 12.0 Å². The molecule has 0 bridgehead atoms. The maximum absolute atomic E-state index is 12.0. The van der Waals surface area contributed by atoms with Crippen LogP contribution in [0.2, 0.25) is 0 Å². The lowest BCUT2D eigenvalue weighted by Gasteiger charge is -2.37. The zero-order chi connectivity index (χ0) is 13.9. The third-order valence-corrected chi connectivity index (χ3v) is 4.39. The molecule has 0 amide bonds. The second-order valence-electron chi connectivity index (χ2n) is 5.37. The molecule has 0 fully saturated rings. The molecular formula is C16H22O3. The van der Waals surface area contributed by atoms with Crippen LogP contribution < -0.4 is 4.74 Å². The van der Waals surface area contributed by atoms with Crippen LogP contribution in [0.25, 0.3) is 0 Å². The van der Waals surface area contributed by atoms with Gasteiger partial charge in [-0.05, 0) is 18.4 Å². The number of carbonyl (C=O) groups is 1. The highest BCUT2D eigenvalue weighted by molar-refractivity contribution is 5.83. The largest absolute Gasteiger partial charge is 0.493 e. The molecule has 0 saturated heterocycles. The summed E-state index contributed by atoms with van der Waals surface area (Å²) in [7, 11) is 0. The van der Waals surface area contributed by atoms with Gasteiger partial charge in [0.1, 0.15) is 5.75 Å². The number of fused-ring (bicyclic) bond motifs is 1. The minimum Gasteiger partial charge on any atom is -0.493 e. The second kappa shape index (κ2) is 5.64. The molecule has 1 atom stereocenters. The molecule has 1 N–H and O–H groups in total. The van der Waals surface area contributed by atoms with E-state index in [0.29, 0.717) is 25.4 Å². The maximum Gasteiger partial charge on any atom is 0.314 e. The number of rotatable bonds is 5. The average molecular weight is 262 g/mol. The van der Waals surface area contributed by atoms with E-state index >= 15 is 0 Å². The maximum atomic E-state index is 12.0. The lowest BCUT2D eigenvalue weighted by atomic mass is 9.69. The zero-order valence-electron chi connectivity index (χ0n) is 11.7. The van der Waals surface area contributed by atoms with Crippen LogP contribution in [0.4, 0.5) is 0 Å². The number of hydrogen-bond donors (Lipinski definition) is 1. The van der Waals surface area contributed by atoms with Crippen molar-refractivity contribution < 1.29 is 14.6 Å². The first-order chi connectivity index (χ1) is 9.14. The van der Waals surface area contributed by atoms with Gasteiger partial charge in [-0.15, -0.1) is 0 Å². The SMILES string of the molecule is CCC(CC)CC1(C(=O)O)CCOc2ccccc21. The highest BCUT2D eigenvalue weighted by Crippen LogP contribution is 2.44. The van der Waals surface area contributed by atoms with Crippen LogP contribution in [0.5, 0.6) is 5.75 Å². The van der Waals surface area contributed by atoms with Crippen LogP contribution in [0.3, 0.4) is 0 Å². The number of para-hydroxylation sites is 1. The van der Waals surface area contributed by atoms with E-state index in [1.807, 2.05) is 24.3 Å². The highest BCUT2D eigenvalue weighted by Gasteiger charge is 2.45. The average Bonchev–Trinajstić information content (AvgIpc) is 2.44. The molecule has 1 aromatic rings. The number of benzene rings is 1. The summed E-state index contributed by atoms with van der Waals surface area (Å²) in [5.41, 5.74) is 0.0755. The van der Waals surface area contributed by atoms with Crippen LogP contribution in [-0.2, 0) is 10.2 Å². The van der Waals surface area contributed by atoms with Gasteiger partial charge in [0.05, 0.1) is 12.0 Å². The summed E-state index contributed by atoms with van der Waals surface area (Å²) in [6, 6.07) is 7.58. The Labute approximate surface area is 114 Å². The van der Waals surface area contributed by atoms with Gasteiger partial charge >= 0.3 is 5.97 Å². The molecule has 3 nitrogen and oxygen atoms in total. The summed E-state index contributed by atoms with van der Waals surface area (Å²) < 4.78 is 5.61. The Bertz CT molecular complexity index is 451. The lowest BCUT2D eigenvalue weighted by Crippen LogP contribution is -2.42. The summed E-state index contributed by atoms with van der Waals surface area (Å²) >= 11 is 0. The molecule has 0 aromatic heterocycles. The first kappa shape index (κ1) is 13.9. The predicted molar refractivity (Wildman–Crippen MR) is 74.6 cm³/mol. The van der Waals surface area contributed by atoms with E-state index < -0.39 is 11.4 Å². The van der Waals surface area contributed by atoms with Crippen molar-refractivity contribution in [1.29, 1.82) is 0 Å². The minimum absolute atomic E-state index is 0.447. The number of ether oxygens (including phenoxy) is 1. The van der Waals surface area contributed by atoms with Gasteiger partial charge in [0.25, 0.3) is 0 Å². The molecule has 1 heterocycles. The minimum atomic E-state index is -0.772. The van der Waals surface area contributed by atoms with E-state index in [0.717, 1.165) is 24.2 Å². The van der Waals surface area contributed by atoms with Gasteiger partial charge in [-0.25, -0.2) is 0 Å². The molecule has 0 aliphatic carbocycles. The number of aliphatic carboxylic acids is 1. The van der Waals surface area contributed by atoms with E-state index in [9.17, 15) is 9.90 Å². The first-order valence-electron chi connectivity index (χ1n) is 7.09. The fraction of sp³-hybridized carbons (Fsp3) is 0.562. The summed E-state index contributed by atoms with van der Waals surface area (Å²) in [5.74, 6) is 0.472. The summed E-state index contributed by atoms with van der Waals surface area (Å²) in [5, 5.41) is 9.82. The van der Waals surface area contributed by atoms with Crippen LogP contribution >= 0.6 is 0 Å². The Morgan fingerprint density at radius 1 is 1.37 bits per heavy atom.